The van der Waals surface area contributed by atoms with Crippen LogP contribution in [0.1, 0.15) is 17.6 Å². The van der Waals surface area contributed by atoms with Crippen LogP contribution in [-0.4, -0.2) is 41.5 Å². The highest BCUT2D eigenvalue weighted by Crippen LogP contribution is 2.15. The van der Waals surface area contributed by atoms with Crippen LogP contribution in [0.2, 0.25) is 0 Å². The molecule has 0 bridgehead atoms. The first kappa shape index (κ1) is 10.3. The average Bonchev–Trinajstić information content (AvgIpc) is 2.16. The van der Waals surface area contributed by atoms with Gasteiger partial charge in [-0.05, 0) is 14.0 Å². The Morgan fingerprint density at radius 2 is 2.33 bits per heavy atom. The summed E-state index contributed by atoms with van der Waals surface area (Å²) in [4.78, 5) is 10.8. The van der Waals surface area contributed by atoms with Gasteiger partial charge in [-0.2, -0.15) is 0 Å². The average molecular weight is 207 g/mol. The highest BCUT2D eigenvalue weighted by atomic mass is 15.2. The highest BCUT2D eigenvalue weighted by molar-refractivity contribution is 5.31. The monoisotopic (exact) mass is 207 g/mol. The van der Waals surface area contributed by atoms with Crippen molar-refractivity contribution in [2.24, 2.45) is 0 Å². The number of hydrogen-bond acceptors (Lipinski definition) is 5. The second-order valence-corrected chi connectivity index (χ2v) is 4.03. The van der Waals surface area contributed by atoms with E-state index in [1.807, 2.05) is 13.0 Å². The first-order valence-electron chi connectivity index (χ1n) is 5.18. The van der Waals surface area contributed by atoms with Gasteiger partial charge in [-0.15, -0.1) is 0 Å². The Morgan fingerprint density at radius 1 is 1.53 bits per heavy atom. The maximum absolute atomic E-state index is 5.71. The Kier molecular flexibility index (Phi) is 2.83. The summed E-state index contributed by atoms with van der Waals surface area (Å²) < 4.78 is 0. The second kappa shape index (κ2) is 4.12. The normalized spacial score (nSPS) is 22.9. The minimum atomic E-state index is 0.271. The molecule has 0 aliphatic carbocycles. The molecule has 1 unspecified atom stereocenters. The Hall–Kier alpha value is -1.20. The lowest BCUT2D eigenvalue weighted by Crippen LogP contribution is -2.44. The van der Waals surface area contributed by atoms with Crippen LogP contribution in [0.4, 0.5) is 5.82 Å². The first-order chi connectivity index (χ1) is 7.15. The lowest BCUT2D eigenvalue weighted by molar-refractivity contribution is 0.238. The molecule has 1 aromatic heterocycles. The summed E-state index contributed by atoms with van der Waals surface area (Å²) in [5.41, 5.74) is 6.70. The molecule has 1 aliphatic rings. The summed E-state index contributed by atoms with van der Waals surface area (Å²) in [5.74, 6) is 1.28. The molecule has 0 aromatic carbocycles. The fraction of sp³-hybridized carbons (Fsp3) is 0.600. The number of likely N-dealkylation sites (N-methyl/N-ethyl adjacent to an activating group) is 1. The smallest absolute Gasteiger partial charge is 0.127 e. The Bertz CT molecular complexity index is 331. The molecule has 0 spiro atoms. The third-order valence-corrected chi connectivity index (χ3v) is 2.61. The number of rotatable bonds is 1. The van der Waals surface area contributed by atoms with E-state index < -0.39 is 0 Å². The van der Waals surface area contributed by atoms with Crippen molar-refractivity contribution in [3.8, 4) is 0 Å². The van der Waals surface area contributed by atoms with Gasteiger partial charge in [0.05, 0.1) is 11.7 Å². The van der Waals surface area contributed by atoms with Crippen molar-refractivity contribution in [1.29, 1.82) is 0 Å². The van der Waals surface area contributed by atoms with Crippen LogP contribution in [-0.2, 0) is 0 Å². The zero-order chi connectivity index (χ0) is 10.8. The van der Waals surface area contributed by atoms with E-state index in [4.69, 9.17) is 5.73 Å². The molecule has 1 aromatic rings. The molecule has 1 saturated heterocycles. The number of aromatic nitrogens is 2. The third kappa shape index (κ3) is 2.43. The summed E-state index contributed by atoms with van der Waals surface area (Å²) in [6.07, 6.45) is 0. The van der Waals surface area contributed by atoms with Crippen LogP contribution in [0.25, 0.3) is 0 Å². The van der Waals surface area contributed by atoms with Crippen LogP contribution in [0.15, 0.2) is 6.07 Å². The van der Waals surface area contributed by atoms with Crippen LogP contribution >= 0.6 is 0 Å². The summed E-state index contributed by atoms with van der Waals surface area (Å²) in [6, 6.07) is 2.12. The largest absolute Gasteiger partial charge is 0.384 e. The number of piperazine rings is 1. The van der Waals surface area contributed by atoms with Gasteiger partial charge in [-0.1, -0.05) is 0 Å². The maximum Gasteiger partial charge on any atom is 0.127 e. The SMILES string of the molecule is Cc1nc(N)cc(C2CN(C)CCN2)n1. The number of anilines is 1. The van der Waals surface area contributed by atoms with Gasteiger partial charge in [0, 0.05) is 25.7 Å². The van der Waals surface area contributed by atoms with E-state index in [0.29, 0.717) is 5.82 Å². The molecule has 82 valence electrons. The van der Waals surface area contributed by atoms with E-state index in [1.165, 1.54) is 0 Å². The Morgan fingerprint density at radius 3 is 3.00 bits per heavy atom. The lowest BCUT2D eigenvalue weighted by Gasteiger charge is -2.30. The number of nitrogens with two attached hydrogens (primary N) is 1. The van der Waals surface area contributed by atoms with E-state index in [9.17, 15) is 0 Å². The second-order valence-electron chi connectivity index (χ2n) is 4.03. The molecule has 1 aliphatic heterocycles. The Balaban J connectivity index is 2.20. The fourth-order valence-corrected chi connectivity index (χ4v) is 1.89. The first-order valence-corrected chi connectivity index (χ1v) is 5.18. The van der Waals surface area contributed by atoms with Gasteiger partial charge in [-0.25, -0.2) is 9.97 Å². The van der Waals surface area contributed by atoms with Gasteiger partial charge in [0.1, 0.15) is 11.6 Å². The molecule has 3 N–H and O–H groups in total. The van der Waals surface area contributed by atoms with Crippen molar-refractivity contribution in [2.75, 3.05) is 32.4 Å². The number of aryl methyl sites for hydroxylation is 1. The molecule has 0 radical (unpaired) electrons. The standard InChI is InChI=1S/C10H17N5/c1-7-13-8(5-10(11)14-7)9-6-15(2)4-3-12-9/h5,9,12H,3-4,6H2,1-2H3,(H2,11,13,14). The zero-order valence-electron chi connectivity index (χ0n) is 9.20. The molecule has 1 fully saturated rings. The van der Waals surface area contributed by atoms with Gasteiger partial charge >= 0.3 is 0 Å². The van der Waals surface area contributed by atoms with E-state index in [1.54, 1.807) is 0 Å². The van der Waals surface area contributed by atoms with Crippen molar-refractivity contribution in [3.63, 3.8) is 0 Å². The predicted octanol–water partition coefficient (Wildman–Crippen LogP) is -0.0567. The summed E-state index contributed by atoms with van der Waals surface area (Å²) >= 11 is 0. The van der Waals surface area contributed by atoms with Crippen LogP contribution in [0.5, 0.6) is 0 Å². The summed E-state index contributed by atoms with van der Waals surface area (Å²) in [5, 5.41) is 3.43. The quantitative estimate of drug-likeness (QED) is 0.675. The third-order valence-electron chi connectivity index (χ3n) is 2.61. The highest BCUT2D eigenvalue weighted by Gasteiger charge is 2.19. The zero-order valence-corrected chi connectivity index (χ0v) is 9.20. The Labute approximate surface area is 89.7 Å². The summed E-state index contributed by atoms with van der Waals surface area (Å²) in [7, 11) is 2.12. The topological polar surface area (TPSA) is 67.1 Å². The molecule has 1 atom stereocenters. The van der Waals surface area contributed by atoms with Gasteiger partial charge in [0.15, 0.2) is 0 Å². The van der Waals surface area contributed by atoms with Crippen LogP contribution < -0.4 is 11.1 Å². The lowest BCUT2D eigenvalue weighted by atomic mass is 10.1. The number of nitrogens with one attached hydrogen (secondary N) is 1. The number of hydrogen-bond donors (Lipinski definition) is 2. The molecular formula is C10H17N5. The predicted molar refractivity (Wildman–Crippen MR) is 59.4 cm³/mol. The van der Waals surface area contributed by atoms with Gasteiger partial charge in [0.2, 0.25) is 0 Å². The minimum absolute atomic E-state index is 0.271. The minimum Gasteiger partial charge on any atom is -0.384 e. The van der Waals surface area contributed by atoms with Crippen molar-refractivity contribution in [3.05, 3.63) is 17.6 Å². The van der Waals surface area contributed by atoms with Gasteiger partial charge in [0.25, 0.3) is 0 Å². The maximum atomic E-state index is 5.71. The van der Waals surface area contributed by atoms with E-state index in [2.05, 4.69) is 27.2 Å². The molecular weight excluding hydrogens is 190 g/mol. The van der Waals surface area contributed by atoms with Crippen LogP contribution in [0.3, 0.4) is 0 Å². The summed E-state index contributed by atoms with van der Waals surface area (Å²) in [6.45, 7) is 4.91. The van der Waals surface area contributed by atoms with E-state index in [0.717, 1.165) is 31.2 Å². The number of nitrogen functional groups attached to an aromatic ring is 1. The van der Waals surface area contributed by atoms with Crippen molar-refractivity contribution < 1.29 is 0 Å². The number of nitrogens with zero attached hydrogens (tertiary/aromatic N) is 3. The molecule has 2 rings (SSSR count). The van der Waals surface area contributed by atoms with Gasteiger partial charge < -0.3 is 16.0 Å². The molecule has 5 nitrogen and oxygen atoms in total. The fourth-order valence-electron chi connectivity index (χ4n) is 1.89. The van der Waals surface area contributed by atoms with Crippen molar-refractivity contribution >= 4 is 5.82 Å². The molecule has 15 heavy (non-hydrogen) atoms. The molecule has 0 amide bonds. The van der Waals surface area contributed by atoms with Crippen molar-refractivity contribution in [2.45, 2.75) is 13.0 Å². The van der Waals surface area contributed by atoms with E-state index in [-0.39, 0.29) is 6.04 Å². The molecule has 2 heterocycles. The van der Waals surface area contributed by atoms with E-state index >= 15 is 0 Å². The molecule has 5 heteroatoms. The van der Waals surface area contributed by atoms with Crippen LogP contribution in [0, 0.1) is 6.92 Å². The van der Waals surface area contributed by atoms with Crippen molar-refractivity contribution in [1.82, 2.24) is 20.2 Å². The molecule has 0 saturated carbocycles. The van der Waals surface area contributed by atoms with Gasteiger partial charge in [-0.3, -0.25) is 0 Å².